The summed E-state index contributed by atoms with van der Waals surface area (Å²) in [5.74, 6) is 0.666. The van der Waals surface area contributed by atoms with Crippen molar-refractivity contribution >= 4 is 0 Å². The molecule has 0 bridgehead atoms. The van der Waals surface area contributed by atoms with E-state index in [1.54, 1.807) is 18.5 Å². The summed E-state index contributed by atoms with van der Waals surface area (Å²) in [6, 6.07) is 1.75. The van der Waals surface area contributed by atoms with Gasteiger partial charge in [-0.1, -0.05) is 6.08 Å². The highest BCUT2D eigenvalue weighted by molar-refractivity contribution is 5.28. The number of aliphatic hydroxyl groups excluding tert-OH is 1. The first-order valence-corrected chi connectivity index (χ1v) is 4.66. The molecule has 1 aromatic heterocycles. The fourth-order valence-corrected chi connectivity index (χ4v) is 1.08. The second kappa shape index (κ2) is 6.16. The molecule has 0 fully saturated rings. The lowest BCUT2D eigenvalue weighted by Crippen LogP contribution is -2.00. The first kappa shape index (κ1) is 10.7. The van der Waals surface area contributed by atoms with E-state index in [2.05, 4.69) is 11.6 Å². The van der Waals surface area contributed by atoms with Gasteiger partial charge in [-0.15, -0.1) is 6.58 Å². The Hall–Kier alpha value is -1.35. The molecule has 14 heavy (non-hydrogen) atoms. The third-order valence-electron chi connectivity index (χ3n) is 1.85. The first-order chi connectivity index (χ1) is 6.88. The number of nitrogens with zero attached hydrogens (tertiary/aromatic N) is 1. The number of hydrogen-bond acceptors (Lipinski definition) is 3. The minimum Gasteiger partial charge on any atom is -0.492 e. The number of aliphatic hydroxyl groups is 1. The van der Waals surface area contributed by atoms with Gasteiger partial charge in [0.2, 0.25) is 0 Å². The quantitative estimate of drug-likeness (QED) is 0.554. The van der Waals surface area contributed by atoms with Gasteiger partial charge in [0.05, 0.1) is 19.4 Å². The molecule has 0 unspecified atom stereocenters. The molecule has 0 aliphatic rings. The Bertz CT molecular complexity index is 286. The molecule has 0 saturated carbocycles. The van der Waals surface area contributed by atoms with Crippen LogP contribution in [0.3, 0.4) is 0 Å². The third kappa shape index (κ3) is 3.18. The predicted molar refractivity (Wildman–Crippen MR) is 55.1 cm³/mol. The fourth-order valence-electron chi connectivity index (χ4n) is 1.08. The number of rotatable bonds is 6. The summed E-state index contributed by atoms with van der Waals surface area (Å²) in [5, 5.41) is 9.00. The van der Waals surface area contributed by atoms with Crippen molar-refractivity contribution in [2.75, 3.05) is 6.61 Å². The van der Waals surface area contributed by atoms with Crippen molar-refractivity contribution in [3.05, 3.63) is 36.7 Å². The Morgan fingerprint density at radius 3 is 3.14 bits per heavy atom. The number of unbranched alkanes of at least 4 members (excludes halogenated alkanes) is 1. The Balaban J connectivity index is 2.44. The number of ether oxygens (including phenoxy) is 1. The summed E-state index contributed by atoms with van der Waals surface area (Å²) in [5.41, 5.74) is 0.776. The lowest BCUT2D eigenvalue weighted by atomic mass is 10.2. The minimum atomic E-state index is -0.0146. The molecule has 3 heteroatoms. The van der Waals surface area contributed by atoms with Gasteiger partial charge in [0.25, 0.3) is 0 Å². The lowest BCUT2D eigenvalue weighted by Gasteiger charge is -2.08. The second-order valence-electron chi connectivity index (χ2n) is 2.92. The van der Waals surface area contributed by atoms with Gasteiger partial charge in [0.1, 0.15) is 5.75 Å². The van der Waals surface area contributed by atoms with Crippen molar-refractivity contribution in [2.24, 2.45) is 0 Å². The molecule has 0 amide bonds. The van der Waals surface area contributed by atoms with Crippen LogP contribution in [0.25, 0.3) is 0 Å². The molecule has 1 aromatic rings. The van der Waals surface area contributed by atoms with Gasteiger partial charge in [-0.25, -0.2) is 0 Å². The normalized spacial score (nSPS) is 9.79. The van der Waals surface area contributed by atoms with Gasteiger partial charge < -0.3 is 9.84 Å². The van der Waals surface area contributed by atoms with E-state index < -0.39 is 0 Å². The predicted octanol–water partition coefficient (Wildman–Crippen LogP) is 1.92. The topological polar surface area (TPSA) is 42.4 Å². The summed E-state index contributed by atoms with van der Waals surface area (Å²) in [6.07, 6.45) is 7.00. The molecule has 0 spiro atoms. The number of hydrogen-bond donors (Lipinski definition) is 1. The molecule has 3 nitrogen and oxygen atoms in total. The van der Waals surface area contributed by atoms with Gasteiger partial charge in [0, 0.05) is 11.8 Å². The van der Waals surface area contributed by atoms with Crippen LogP contribution in [0.15, 0.2) is 31.1 Å². The maximum atomic E-state index is 9.00. The highest BCUT2D eigenvalue weighted by atomic mass is 16.5. The molecule has 76 valence electrons. The molecule has 1 rings (SSSR count). The van der Waals surface area contributed by atoms with Crippen LogP contribution in [-0.2, 0) is 6.61 Å². The molecule has 0 radical (unpaired) electrons. The van der Waals surface area contributed by atoms with Crippen molar-refractivity contribution in [2.45, 2.75) is 19.4 Å². The van der Waals surface area contributed by atoms with E-state index in [1.807, 2.05) is 6.08 Å². The van der Waals surface area contributed by atoms with Crippen LogP contribution in [0, 0.1) is 0 Å². The van der Waals surface area contributed by atoms with Gasteiger partial charge in [-0.2, -0.15) is 0 Å². The van der Waals surface area contributed by atoms with Crippen molar-refractivity contribution in [3.63, 3.8) is 0 Å². The van der Waals surface area contributed by atoms with Crippen LogP contribution in [0.5, 0.6) is 5.75 Å². The van der Waals surface area contributed by atoms with E-state index in [0.29, 0.717) is 12.4 Å². The molecule has 1 N–H and O–H groups in total. The Kier molecular flexibility index (Phi) is 4.72. The van der Waals surface area contributed by atoms with E-state index >= 15 is 0 Å². The number of aromatic nitrogens is 1. The molecule has 0 atom stereocenters. The molecule has 0 aliphatic heterocycles. The molecule has 0 saturated heterocycles. The van der Waals surface area contributed by atoms with Gasteiger partial charge in [-0.3, -0.25) is 4.98 Å². The lowest BCUT2D eigenvalue weighted by molar-refractivity contribution is 0.261. The van der Waals surface area contributed by atoms with Crippen LogP contribution in [0.1, 0.15) is 18.4 Å². The summed E-state index contributed by atoms with van der Waals surface area (Å²) >= 11 is 0. The van der Waals surface area contributed by atoms with Crippen molar-refractivity contribution in [3.8, 4) is 5.75 Å². The van der Waals surface area contributed by atoms with E-state index in [4.69, 9.17) is 9.84 Å². The van der Waals surface area contributed by atoms with Gasteiger partial charge >= 0.3 is 0 Å². The SMILES string of the molecule is C=CCCCOc1cnccc1CO. The van der Waals surface area contributed by atoms with Crippen LogP contribution in [0.4, 0.5) is 0 Å². The number of pyridine rings is 1. The average molecular weight is 193 g/mol. The second-order valence-corrected chi connectivity index (χ2v) is 2.92. The Morgan fingerprint density at radius 2 is 2.43 bits per heavy atom. The molecular weight excluding hydrogens is 178 g/mol. The van der Waals surface area contributed by atoms with Crippen LogP contribution in [-0.4, -0.2) is 16.7 Å². The summed E-state index contributed by atoms with van der Waals surface area (Å²) < 4.78 is 5.46. The molecule has 1 heterocycles. The van der Waals surface area contributed by atoms with E-state index in [-0.39, 0.29) is 6.61 Å². The molecule has 0 aromatic carbocycles. The van der Waals surface area contributed by atoms with Crippen molar-refractivity contribution < 1.29 is 9.84 Å². The zero-order valence-electron chi connectivity index (χ0n) is 8.15. The van der Waals surface area contributed by atoms with Crippen LogP contribution >= 0.6 is 0 Å². The van der Waals surface area contributed by atoms with Crippen molar-refractivity contribution in [1.29, 1.82) is 0 Å². The zero-order chi connectivity index (χ0) is 10.2. The molecule has 0 aliphatic carbocycles. The monoisotopic (exact) mass is 193 g/mol. The first-order valence-electron chi connectivity index (χ1n) is 4.66. The molecular formula is C11H15NO2. The zero-order valence-corrected chi connectivity index (χ0v) is 8.15. The van der Waals surface area contributed by atoms with Crippen LogP contribution < -0.4 is 4.74 Å². The highest BCUT2D eigenvalue weighted by Crippen LogP contribution is 2.16. The summed E-state index contributed by atoms with van der Waals surface area (Å²) in [4.78, 5) is 3.94. The van der Waals surface area contributed by atoms with Crippen LogP contribution in [0.2, 0.25) is 0 Å². The van der Waals surface area contributed by atoms with Crippen molar-refractivity contribution in [1.82, 2.24) is 4.98 Å². The standard InChI is InChI=1S/C11H15NO2/c1-2-3-4-7-14-11-8-12-6-5-10(11)9-13/h2,5-6,8,13H,1,3-4,7,9H2. The Labute approximate surface area is 84.1 Å². The highest BCUT2D eigenvalue weighted by Gasteiger charge is 2.00. The van der Waals surface area contributed by atoms with Gasteiger partial charge in [0.15, 0.2) is 0 Å². The maximum absolute atomic E-state index is 9.00. The average Bonchev–Trinajstić information content (AvgIpc) is 2.25. The van der Waals surface area contributed by atoms with E-state index in [1.165, 1.54) is 0 Å². The van der Waals surface area contributed by atoms with E-state index in [9.17, 15) is 0 Å². The summed E-state index contributed by atoms with van der Waals surface area (Å²) in [7, 11) is 0. The largest absolute Gasteiger partial charge is 0.492 e. The maximum Gasteiger partial charge on any atom is 0.143 e. The third-order valence-corrected chi connectivity index (χ3v) is 1.85. The van der Waals surface area contributed by atoms with E-state index in [0.717, 1.165) is 18.4 Å². The van der Waals surface area contributed by atoms with Gasteiger partial charge in [-0.05, 0) is 18.9 Å². The minimum absolute atomic E-state index is 0.0146. The smallest absolute Gasteiger partial charge is 0.143 e. The number of allylic oxidation sites excluding steroid dienone is 1. The summed E-state index contributed by atoms with van der Waals surface area (Å²) in [6.45, 7) is 4.25. The fraction of sp³-hybridized carbons (Fsp3) is 0.364. The Morgan fingerprint density at radius 1 is 1.57 bits per heavy atom.